The quantitative estimate of drug-likeness (QED) is 0.189. The fourth-order valence-electron chi connectivity index (χ4n) is 2.70. The van der Waals surface area contributed by atoms with Gasteiger partial charge in [-0.15, -0.1) is 0 Å². The van der Waals surface area contributed by atoms with Gasteiger partial charge in [0.15, 0.2) is 5.78 Å². The van der Waals surface area contributed by atoms with Gasteiger partial charge >= 0.3 is 0 Å². The predicted molar refractivity (Wildman–Crippen MR) is 114 cm³/mol. The monoisotopic (exact) mass is 577 g/mol. The number of phenols is 1. The largest absolute Gasteiger partial charge is 0.506 e. The Morgan fingerprint density at radius 1 is 1.19 bits per heavy atom. The molecule has 0 aliphatic rings. The van der Waals surface area contributed by atoms with Gasteiger partial charge in [0.1, 0.15) is 17.1 Å². The minimum absolute atomic E-state index is 0.0735. The normalized spacial score (nSPS) is 11.3. The number of non-ortho nitro benzene ring substituents is 1. The molecule has 1 aromatic heterocycles. The zero-order chi connectivity index (χ0) is 19.2. The van der Waals surface area contributed by atoms with Crippen LogP contribution in [-0.2, 0) is 0 Å². The Morgan fingerprint density at radius 3 is 2.35 bits per heavy atom. The van der Waals surface area contributed by atoms with Crippen molar-refractivity contribution in [3.05, 3.63) is 64.5 Å². The number of rotatable bonds is 4. The highest BCUT2D eigenvalue weighted by atomic mass is 127. The van der Waals surface area contributed by atoms with Crippen LogP contribution in [0.2, 0.25) is 0 Å². The summed E-state index contributed by atoms with van der Waals surface area (Å²) in [6, 6.07) is 7.44. The lowest BCUT2D eigenvalue weighted by Gasteiger charge is -2.08. The molecule has 0 bridgehead atoms. The Hall–Kier alpha value is -1.69. The maximum absolute atomic E-state index is 13.2. The fraction of sp³-hybridized carbons (Fsp3) is 0.167. The van der Waals surface area contributed by atoms with E-state index in [0.717, 1.165) is 0 Å². The number of carbonyl (C=O) groups is 1. The molecule has 3 aromatic rings. The van der Waals surface area contributed by atoms with E-state index in [1.165, 1.54) is 18.2 Å². The van der Waals surface area contributed by atoms with Crippen molar-refractivity contribution >= 4 is 67.6 Å². The van der Waals surface area contributed by atoms with Crippen molar-refractivity contribution in [2.24, 2.45) is 0 Å². The Balaban J connectivity index is 2.28. The Kier molecular flexibility index (Phi) is 5.24. The Labute approximate surface area is 176 Å². The summed E-state index contributed by atoms with van der Waals surface area (Å²) in [6.45, 7) is 3.79. The first-order chi connectivity index (χ1) is 12.2. The van der Waals surface area contributed by atoms with Gasteiger partial charge in [-0.2, -0.15) is 0 Å². The van der Waals surface area contributed by atoms with E-state index in [1.54, 1.807) is 12.1 Å². The molecule has 0 aliphatic heterocycles. The lowest BCUT2D eigenvalue weighted by molar-refractivity contribution is -0.384. The van der Waals surface area contributed by atoms with Gasteiger partial charge < -0.3 is 9.52 Å². The van der Waals surface area contributed by atoms with Crippen molar-refractivity contribution in [1.82, 2.24) is 0 Å². The number of fused-ring (bicyclic) bond motifs is 1. The third-order valence-electron chi connectivity index (χ3n) is 3.94. The second-order valence-electron chi connectivity index (χ2n) is 6.05. The number of nitro groups is 1. The van der Waals surface area contributed by atoms with Gasteiger partial charge in [-0.05, 0) is 63.4 Å². The number of halogens is 2. The molecule has 0 saturated heterocycles. The molecule has 8 heteroatoms. The van der Waals surface area contributed by atoms with Crippen molar-refractivity contribution in [3.8, 4) is 5.75 Å². The molecule has 0 fully saturated rings. The summed E-state index contributed by atoms with van der Waals surface area (Å²) in [5.74, 6) is 0.252. The summed E-state index contributed by atoms with van der Waals surface area (Å²) in [4.78, 5) is 23.9. The van der Waals surface area contributed by atoms with Gasteiger partial charge in [-0.3, -0.25) is 14.9 Å². The molecule has 0 saturated carbocycles. The summed E-state index contributed by atoms with van der Waals surface area (Å²) in [5, 5.41) is 21.5. The van der Waals surface area contributed by atoms with E-state index < -0.39 is 4.92 Å². The predicted octanol–water partition coefficient (Wildman–Crippen LogP) is 5.61. The number of hydrogen-bond acceptors (Lipinski definition) is 5. The first-order valence-corrected chi connectivity index (χ1v) is 9.80. The van der Waals surface area contributed by atoms with Crippen molar-refractivity contribution < 1.29 is 19.2 Å². The molecule has 134 valence electrons. The molecule has 3 rings (SSSR count). The maximum atomic E-state index is 13.2. The van der Waals surface area contributed by atoms with Crippen LogP contribution >= 0.6 is 45.2 Å². The highest BCUT2D eigenvalue weighted by Crippen LogP contribution is 2.36. The molecule has 0 aliphatic carbocycles. The summed E-state index contributed by atoms with van der Waals surface area (Å²) < 4.78 is 6.94. The van der Waals surface area contributed by atoms with E-state index in [9.17, 15) is 20.0 Å². The highest BCUT2D eigenvalue weighted by molar-refractivity contribution is 14.1. The molecular weight excluding hydrogens is 564 g/mol. The van der Waals surface area contributed by atoms with Crippen LogP contribution in [0.1, 0.15) is 41.4 Å². The average molecular weight is 577 g/mol. The SMILES string of the molecule is CC(C)c1oc2ccc([N+](=O)[O-])cc2c1C(=O)c1cc(I)c(O)c(I)c1. The maximum Gasteiger partial charge on any atom is 0.270 e. The number of ketones is 1. The second kappa shape index (κ2) is 7.14. The zero-order valence-electron chi connectivity index (χ0n) is 13.7. The Bertz CT molecular complexity index is 1030. The van der Waals surface area contributed by atoms with E-state index in [2.05, 4.69) is 0 Å². The zero-order valence-corrected chi connectivity index (χ0v) is 18.1. The van der Waals surface area contributed by atoms with Crippen molar-refractivity contribution in [3.63, 3.8) is 0 Å². The minimum atomic E-state index is -0.498. The number of phenolic OH excluding ortho intramolecular Hbond substituents is 1. The van der Waals surface area contributed by atoms with Crippen LogP contribution in [0.25, 0.3) is 11.0 Å². The lowest BCUT2D eigenvalue weighted by Crippen LogP contribution is -2.06. The third-order valence-corrected chi connectivity index (χ3v) is 5.58. The van der Waals surface area contributed by atoms with Crippen LogP contribution in [0.15, 0.2) is 34.7 Å². The average Bonchev–Trinajstić information content (AvgIpc) is 2.97. The van der Waals surface area contributed by atoms with E-state index in [4.69, 9.17) is 4.42 Å². The number of carbonyl (C=O) groups excluding carboxylic acids is 1. The summed E-state index contributed by atoms with van der Waals surface area (Å²) in [7, 11) is 0. The van der Waals surface area contributed by atoms with Crippen LogP contribution < -0.4 is 0 Å². The van der Waals surface area contributed by atoms with E-state index in [1.807, 2.05) is 59.0 Å². The van der Waals surface area contributed by atoms with E-state index in [-0.39, 0.29) is 23.1 Å². The summed E-state index contributed by atoms with van der Waals surface area (Å²) in [5.41, 5.74) is 1.06. The molecule has 1 N–H and O–H groups in total. The lowest BCUT2D eigenvalue weighted by atomic mass is 9.96. The van der Waals surface area contributed by atoms with Crippen LogP contribution in [0.4, 0.5) is 5.69 Å². The highest BCUT2D eigenvalue weighted by Gasteiger charge is 2.26. The van der Waals surface area contributed by atoms with Gasteiger partial charge in [0.05, 0.1) is 17.6 Å². The van der Waals surface area contributed by atoms with Crippen molar-refractivity contribution in [2.45, 2.75) is 19.8 Å². The smallest absolute Gasteiger partial charge is 0.270 e. The van der Waals surface area contributed by atoms with Gasteiger partial charge in [0.25, 0.3) is 5.69 Å². The van der Waals surface area contributed by atoms with Crippen LogP contribution in [-0.4, -0.2) is 15.8 Å². The standard InChI is InChI=1S/C18H13I2NO5/c1-8(2)18-15(11-7-10(21(24)25)3-4-14(11)26-18)16(22)9-5-12(19)17(23)13(20)6-9/h3-8,23H,1-2H3. The fourth-order valence-corrected chi connectivity index (χ4v) is 4.47. The number of furan rings is 1. The van der Waals surface area contributed by atoms with Crippen LogP contribution in [0.5, 0.6) is 5.75 Å². The van der Waals surface area contributed by atoms with Crippen LogP contribution in [0, 0.1) is 17.3 Å². The molecule has 26 heavy (non-hydrogen) atoms. The Morgan fingerprint density at radius 2 is 1.81 bits per heavy atom. The molecular formula is C18H13I2NO5. The summed E-state index contributed by atoms with van der Waals surface area (Å²) >= 11 is 3.92. The molecule has 6 nitrogen and oxygen atoms in total. The molecule has 0 radical (unpaired) electrons. The molecule has 0 unspecified atom stereocenters. The first kappa shape index (κ1) is 19.1. The number of aromatic hydroxyl groups is 1. The van der Waals surface area contributed by atoms with Gasteiger partial charge in [-0.25, -0.2) is 0 Å². The van der Waals surface area contributed by atoms with Gasteiger partial charge in [0, 0.05) is 29.0 Å². The number of nitro benzene ring substituents is 1. The molecule has 0 atom stereocenters. The second-order valence-corrected chi connectivity index (χ2v) is 8.38. The first-order valence-electron chi connectivity index (χ1n) is 7.64. The van der Waals surface area contributed by atoms with Crippen molar-refractivity contribution in [2.75, 3.05) is 0 Å². The summed E-state index contributed by atoms with van der Waals surface area (Å²) in [6.07, 6.45) is 0. The van der Waals surface area contributed by atoms with E-state index >= 15 is 0 Å². The number of benzene rings is 2. The third kappa shape index (κ3) is 3.31. The van der Waals surface area contributed by atoms with Gasteiger partial charge in [-0.1, -0.05) is 13.8 Å². The van der Waals surface area contributed by atoms with Crippen molar-refractivity contribution in [1.29, 1.82) is 0 Å². The van der Waals surface area contributed by atoms with Crippen LogP contribution in [0.3, 0.4) is 0 Å². The van der Waals surface area contributed by atoms with Gasteiger partial charge in [0.2, 0.25) is 0 Å². The number of nitrogens with zero attached hydrogens (tertiary/aromatic N) is 1. The van der Waals surface area contributed by atoms with E-state index in [0.29, 0.717) is 35.0 Å². The number of hydrogen-bond donors (Lipinski definition) is 1. The minimum Gasteiger partial charge on any atom is -0.506 e. The topological polar surface area (TPSA) is 93.6 Å². The molecule has 2 aromatic carbocycles. The molecule has 0 amide bonds. The molecule has 1 heterocycles. The molecule has 0 spiro atoms.